The molecule has 2 fully saturated rings. The third kappa shape index (κ3) is 4.43. The first-order valence-corrected chi connectivity index (χ1v) is 10.3. The average molecular weight is 386 g/mol. The van der Waals surface area contributed by atoms with Gasteiger partial charge in [-0.25, -0.2) is 13.2 Å². The second kappa shape index (κ2) is 7.21. The number of carbonyl (C=O) groups is 2. The van der Waals surface area contributed by atoms with Gasteiger partial charge in [0.15, 0.2) is 9.84 Å². The van der Waals surface area contributed by atoms with Crippen LogP contribution < -0.4 is 5.32 Å². The zero-order chi connectivity index (χ0) is 18.0. The van der Waals surface area contributed by atoms with E-state index in [-0.39, 0.29) is 23.4 Å². The number of piperazine rings is 1. The Morgan fingerprint density at radius 2 is 1.80 bits per heavy atom. The molecule has 1 atom stereocenters. The third-order valence-electron chi connectivity index (χ3n) is 4.54. The predicted octanol–water partition coefficient (Wildman–Crippen LogP) is 1.45. The second-order valence-electron chi connectivity index (χ2n) is 6.35. The molecular weight excluding hydrogens is 366 g/mol. The number of amides is 3. The van der Waals surface area contributed by atoms with Crippen LogP contribution in [0.1, 0.15) is 6.42 Å². The second-order valence-corrected chi connectivity index (χ2v) is 9.02. The van der Waals surface area contributed by atoms with Crippen LogP contribution in [0.5, 0.6) is 0 Å². The van der Waals surface area contributed by atoms with E-state index >= 15 is 0 Å². The molecule has 9 heteroatoms. The van der Waals surface area contributed by atoms with Gasteiger partial charge in [-0.05, 0) is 24.6 Å². The van der Waals surface area contributed by atoms with Crippen molar-refractivity contribution in [1.82, 2.24) is 9.80 Å². The van der Waals surface area contributed by atoms with Crippen LogP contribution in [0.3, 0.4) is 0 Å². The summed E-state index contributed by atoms with van der Waals surface area (Å²) in [6.45, 7) is 1.66. The number of anilines is 1. The summed E-state index contributed by atoms with van der Waals surface area (Å²) in [5, 5.41) is 3.32. The highest BCUT2D eigenvalue weighted by molar-refractivity contribution is 7.91. The van der Waals surface area contributed by atoms with Gasteiger partial charge in [-0.1, -0.05) is 17.7 Å². The lowest BCUT2D eigenvalue weighted by Crippen LogP contribution is -2.53. The quantitative estimate of drug-likeness (QED) is 0.834. The summed E-state index contributed by atoms with van der Waals surface area (Å²) in [4.78, 5) is 28.0. The largest absolute Gasteiger partial charge is 0.339 e. The molecule has 3 rings (SSSR count). The van der Waals surface area contributed by atoms with E-state index < -0.39 is 15.8 Å². The zero-order valence-corrected chi connectivity index (χ0v) is 15.2. The van der Waals surface area contributed by atoms with E-state index in [1.165, 1.54) is 0 Å². The molecule has 0 saturated carbocycles. The molecule has 0 aromatic heterocycles. The first-order valence-electron chi connectivity index (χ1n) is 8.15. The van der Waals surface area contributed by atoms with Crippen molar-refractivity contribution in [2.24, 2.45) is 5.92 Å². The fourth-order valence-electron chi connectivity index (χ4n) is 3.15. The number of rotatable bonds is 2. The SMILES string of the molecule is O=C(Nc1cccc(Cl)c1)N1CCN(C(=O)[C@@H]2CCS(=O)(=O)C2)CC1. The maximum atomic E-state index is 12.4. The van der Waals surface area contributed by atoms with Crippen molar-refractivity contribution in [2.45, 2.75) is 6.42 Å². The molecule has 2 saturated heterocycles. The molecule has 25 heavy (non-hydrogen) atoms. The minimum Gasteiger partial charge on any atom is -0.339 e. The number of carbonyl (C=O) groups excluding carboxylic acids is 2. The average Bonchev–Trinajstić information content (AvgIpc) is 2.94. The Labute approximate surface area is 151 Å². The lowest BCUT2D eigenvalue weighted by molar-refractivity contribution is -0.136. The van der Waals surface area contributed by atoms with E-state index in [0.29, 0.717) is 43.3 Å². The summed E-state index contributed by atoms with van der Waals surface area (Å²) in [5.74, 6) is -0.514. The highest BCUT2D eigenvalue weighted by atomic mass is 35.5. The number of sulfone groups is 1. The van der Waals surface area contributed by atoms with Crippen LogP contribution in [0.4, 0.5) is 10.5 Å². The molecule has 0 spiro atoms. The molecule has 0 bridgehead atoms. The fourth-order valence-corrected chi connectivity index (χ4v) is 5.07. The summed E-state index contributed by atoms with van der Waals surface area (Å²) in [6, 6.07) is 6.66. The normalized spacial score (nSPS) is 22.7. The Hall–Kier alpha value is -1.80. The minimum absolute atomic E-state index is 0.0543. The van der Waals surface area contributed by atoms with E-state index in [4.69, 9.17) is 11.6 Å². The number of nitrogens with zero attached hydrogens (tertiary/aromatic N) is 2. The lowest BCUT2D eigenvalue weighted by atomic mass is 10.1. The van der Waals surface area contributed by atoms with Gasteiger partial charge in [0.1, 0.15) is 0 Å². The predicted molar refractivity (Wildman–Crippen MR) is 95.4 cm³/mol. The van der Waals surface area contributed by atoms with Crippen LogP contribution in [0, 0.1) is 5.92 Å². The van der Waals surface area contributed by atoms with Crippen LogP contribution in [-0.2, 0) is 14.6 Å². The molecule has 7 nitrogen and oxygen atoms in total. The van der Waals surface area contributed by atoms with Crippen LogP contribution >= 0.6 is 11.6 Å². The van der Waals surface area contributed by atoms with Gasteiger partial charge in [0, 0.05) is 36.9 Å². The van der Waals surface area contributed by atoms with Gasteiger partial charge in [-0.2, -0.15) is 0 Å². The number of hydrogen-bond donors (Lipinski definition) is 1. The van der Waals surface area contributed by atoms with E-state index in [2.05, 4.69) is 5.32 Å². The van der Waals surface area contributed by atoms with Crippen LogP contribution in [-0.4, -0.2) is 67.8 Å². The molecule has 2 aliphatic rings. The molecule has 1 aromatic carbocycles. The van der Waals surface area contributed by atoms with Gasteiger partial charge >= 0.3 is 6.03 Å². The summed E-state index contributed by atoms with van der Waals surface area (Å²) in [6.07, 6.45) is 0.399. The smallest absolute Gasteiger partial charge is 0.321 e. The molecule has 2 heterocycles. The fraction of sp³-hybridized carbons (Fsp3) is 0.500. The standard InChI is InChI=1S/C16H20ClN3O4S/c17-13-2-1-3-14(10-13)18-16(22)20-7-5-19(6-8-20)15(21)12-4-9-25(23,24)11-12/h1-3,10,12H,4-9,11H2,(H,18,22)/t12-/m1/s1. The number of urea groups is 1. The molecule has 0 radical (unpaired) electrons. The van der Waals surface area contributed by atoms with Gasteiger partial charge in [-0.15, -0.1) is 0 Å². The van der Waals surface area contributed by atoms with Gasteiger partial charge in [0.05, 0.1) is 17.4 Å². The topological polar surface area (TPSA) is 86.8 Å². The first-order chi connectivity index (χ1) is 11.8. The van der Waals surface area contributed by atoms with Crippen LogP contribution in [0.2, 0.25) is 5.02 Å². The van der Waals surface area contributed by atoms with Crippen molar-refractivity contribution in [2.75, 3.05) is 43.0 Å². The molecule has 0 aliphatic carbocycles. The van der Waals surface area contributed by atoms with E-state index in [9.17, 15) is 18.0 Å². The Morgan fingerprint density at radius 3 is 2.40 bits per heavy atom. The third-order valence-corrected chi connectivity index (χ3v) is 6.54. The maximum Gasteiger partial charge on any atom is 0.321 e. The van der Waals surface area contributed by atoms with Crippen molar-refractivity contribution in [3.8, 4) is 0 Å². The zero-order valence-electron chi connectivity index (χ0n) is 13.7. The summed E-state index contributed by atoms with van der Waals surface area (Å²) < 4.78 is 23.1. The molecule has 1 aromatic rings. The Morgan fingerprint density at radius 1 is 1.12 bits per heavy atom. The molecule has 3 amide bonds. The Kier molecular flexibility index (Phi) is 5.19. The molecular formula is C16H20ClN3O4S. The number of halogens is 1. The number of nitrogens with one attached hydrogen (secondary N) is 1. The van der Waals surface area contributed by atoms with Crippen molar-refractivity contribution in [3.63, 3.8) is 0 Å². The Balaban J connectivity index is 1.51. The van der Waals surface area contributed by atoms with E-state index in [0.717, 1.165) is 0 Å². The summed E-state index contributed by atoms with van der Waals surface area (Å²) in [7, 11) is -3.07. The highest BCUT2D eigenvalue weighted by Gasteiger charge is 2.36. The van der Waals surface area contributed by atoms with Crippen molar-refractivity contribution in [1.29, 1.82) is 0 Å². The van der Waals surface area contributed by atoms with Crippen molar-refractivity contribution >= 4 is 39.1 Å². The molecule has 136 valence electrons. The summed E-state index contributed by atoms with van der Waals surface area (Å²) in [5.41, 5.74) is 0.618. The minimum atomic E-state index is -3.07. The van der Waals surface area contributed by atoms with Gasteiger partial charge in [0.2, 0.25) is 5.91 Å². The maximum absolute atomic E-state index is 12.4. The molecule has 1 N–H and O–H groups in total. The monoisotopic (exact) mass is 385 g/mol. The molecule has 0 unspecified atom stereocenters. The molecule has 2 aliphatic heterocycles. The highest BCUT2D eigenvalue weighted by Crippen LogP contribution is 2.22. The van der Waals surface area contributed by atoms with Gasteiger partial charge in [-0.3, -0.25) is 4.79 Å². The number of hydrogen-bond acceptors (Lipinski definition) is 4. The lowest BCUT2D eigenvalue weighted by Gasteiger charge is -2.35. The summed E-state index contributed by atoms with van der Waals surface area (Å²) >= 11 is 5.90. The van der Waals surface area contributed by atoms with Crippen molar-refractivity contribution in [3.05, 3.63) is 29.3 Å². The van der Waals surface area contributed by atoms with Crippen molar-refractivity contribution < 1.29 is 18.0 Å². The van der Waals surface area contributed by atoms with Crippen LogP contribution in [0.25, 0.3) is 0 Å². The van der Waals surface area contributed by atoms with Crippen LogP contribution in [0.15, 0.2) is 24.3 Å². The number of benzene rings is 1. The first kappa shape index (κ1) is 18.0. The van der Waals surface area contributed by atoms with E-state index in [1.807, 2.05) is 0 Å². The van der Waals surface area contributed by atoms with Gasteiger partial charge < -0.3 is 15.1 Å². The van der Waals surface area contributed by atoms with E-state index in [1.54, 1.807) is 34.1 Å². The Bertz CT molecular complexity index is 775. The van der Waals surface area contributed by atoms with Gasteiger partial charge in [0.25, 0.3) is 0 Å².